The minimum absolute atomic E-state index is 0.154. The van der Waals surface area contributed by atoms with Crippen molar-refractivity contribution < 1.29 is 19.4 Å². The summed E-state index contributed by atoms with van der Waals surface area (Å²) in [6, 6.07) is 7.42. The molecule has 1 aliphatic carbocycles. The Morgan fingerprint density at radius 3 is 2.41 bits per heavy atom. The molecular formula is C16H20BrNO4. The second-order valence-electron chi connectivity index (χ2n) is 5.68. The topological polar surface area (TPSA) is 66.8 Å². The summed E-state index contributed by atoms with van der Waals surface area (Å²) in [5.41, 5.74) is 0. The number of ether oxygens (including phenoxy) is 1. The van der Waals surface area contributed by atoms with Gasteiger partial charge in [0, 0.05) is 17.1 Å². The molecule has 1 amide bonds. The maximum absolute atomic E-state index is 12.6. The zero-order chi connectivity index (χ0) is 16.3. The first kappa shape index (κ1) is 16.8. The Bertz CT molecular complexity index is 542. The lowest BCUT2D eigenvalue weighted by molar-refractivity contribution is -0.145. The predicted molar refractivity (Wildman–Crippen MR) is 85.8 cm³/mol. The number of aliphatic carboxylic acids is 1. The third-order valence-electron chi connectivity index (χ3n) is 3.64. The molecule has 1 aliphatic rings. The van der Waals surface area contributed by atoms with Gasteiger partial charge >= 0.3 is 5.97 Å². The number of hydrogen-bond donors (Lipinski definition) is 1. The van der Waals surface area contributed by atoms with Crippen LogP contribution in [-0.4, -0.2) is 40.6 Å². The molecule has 1 fully saturated rings. The van der Waals surface area contributed by atoms with Crippen molar-refractivity contribution in [1.29, 1.82) is 0 Å². The molecule has 2 atom stereocenters. The first-order valence-corrected chi connectivity index (χ1v) is 8.13. The third kappa shape index (κ3) is 4.47. The van der Waals surface area contributed by atoms with E-state index in [4.69, 9.17) is 9.84 Å². The second kappa shape index (κ2) is 7.13. The Hall–Kier alpha value is -1.56. The summed E-state index contributed by atoms with van der Waals surface area (Å²) in [5.74, 6) is -1.01. The van der Waals surface area contributed by atoms with E-state index < -0.39 is 18.0 Å². The molecule has 0 bridgehead atoms. The number of carbonyl (C=O) groups is 2. The average molecular weight is 370 g/mol. The average Bonchev–Trinajstić information content (AvgIpc) is 3.30. The normalized spacial score (nSPS) is 16.7. The molecule has 0 radical (unpaired) electrons. The molecule has 0 heterocycles. The number of carbonyl (C=O) groups excluding carboxylic acids is 1. The van der Waals surface area contributed by atoms with Crippen molar-refractivity contribution in [2.75, 3.05) is 6.54 Å². The Labute approximate surface area is 138 Å². The van der Waals surface area contributed by atoms with Crippen LogP contribution in [0.15, 0.2) is 28.7 Å². The van der Waals surface area contributed by atoms with Crippen molar-refractivity contribution in [1.82, 2.24) is 4.90 Å². The Morgan fingerprint density at radius 2 is 1.91 bits per heavy atom. The number of nitrogens with zero attached hydrogens (tertiary/aromatic N) is 1. The van der Waals surface area contributed by atoms with Crippen molar-refractivity contribution >= 4 is 27.8 Å². The Kier molecular flexibility index (Phi) is 5.45. The fourth-order valence-electron chi connectivity index (χ4n) is 2.18. The summed E-state index contributed by atoms with van der Waals surface area (Å²) in [6.45, 7) is 3.54. The molecule has 0 saturated heterocycles. The minimum atomic E-state index is -0.889. The molecule has 0 spiro atoms. The molecule has 2 unspecified atom stereocenters. The number of carboxylic acids is 1. The van der Waals surface area contributed by atoms with Gasteiger partial charge in [-0.1, -0.05) is 22.9 Å². The lowest BCUT2D eigenvalue weighted by Gasteiger charge is -2.27. The van der Waals surface area contributed by atoms with Crippen LogP contribution in [0, 0.1) is 5.92 Å². The molecule has 1 aromatic carbocycles. The standard InChI is InChI=1S/C16H20BrNO4/c1-10(16(20)21)9-18(13-5-6-13)15(19)11(2)22-14-7-3-12(17)4-8-14/h3-4,7-8,10-11,13H,5-6,9H2,1-2H3,(H,20,21). The lowest BCUT2D eigenvalue weighted by atomic mass is 10.1. The van der Waals surface area contributed by atoms with Gasteiger partial charge in [-0.3, -0.25) is 9.59 Å². The lowest BCUT2D eigenvalue weighted by Crippen LogP contribution is -2.45. The molecule has 120 valence electrons. The molecule has 5 nitrogen and oxygen atoms in total. The quantitative estimate of drug-likeness (QED) is 0.802. The predicted octanol–water partition coefficient (Wildman–Crippen LogP) is 2.93. The maximum atomic E-state index is 12.6. The van der Waals surface area contributed by atoms with E-state index >= 15 is 0 Å². The van der Waals surface area contributed by atoms with Crippen LogP contribution < -0.4 is 4.74 Å². The molecule has 0 aromatic heterocycles. The summed E-state index contributed by atoms with van der Waals surface area (Å²) in [5, 5.41) is 9.04. The van der Waals surface area contributed by atoms with E-state index in [0.29, 0.717) is 5.75 Å². The maximum Gasteiger partial charge on any atom is 0.308 e. The van der Waals surface area contributed by atoms with Crippen LogP contribution in [-0.2, 0) is 9.59 Å². The van der Waals surface area contributed by atoms with Gasteiger partial charge in [0.25, 0.3) is 5.91 Å². The zero-order valence-electron chi connectivity index (χ0n) is 12.7. The highest BCUT2D eigenvalue weighted by Crippen LogP contribution is 2.29. The highest BCUT2D eigenvalue weighted by Gasteiger charge is 2.36. The number of carboxylic acid groups (broad SMARTS) is 1. The number of rotatable bonds is 7. The summed E-state index contributed by atoms with van der Waals surface area (Å²) in [7, 11) is 0. The van der Waals surface area contributed by atoms with Crippen LogP contribution in [0.2, 0.25) is 0 Å². The molecule has 22 heavy (non-hydrogen) atoms. The van der Waals surface area contributed by atoms with Crippen LogP contribution in [0.1, 0.15) is 26.7 Å². The first-order chi connectivity index (χ1) is 10.4. The number of halogens is 1. The van der Waals surface area contributed by atoms with E-state index in [2.05, 4.69) is 15.9 Å². The molecule has 6 heteroatoms. The third-order valence-corrected chi connectivity index (χ3v) is 4.17. The van der Waals surface area contributed by atoms with Crippen molar-refractivity contribution in [2.24, 2.45) is 5.92 Å². The Balaban J connectivity index is 1.99. The molecule has 1 N–H and O–H groups in total. The van der Waals surface area contributed by atoms with Gasteiger partial charge in [-0.2, -0.15) is 0 Å². The van der Waals surface area contributed by atoms with E-state index in [9.17, 15) is 9.59 Å². The van der Waals surface area contributed by atoms with E-state index in [1.165, 1.54) is 0 Å². The SMILES string of the molecule is CC(CN(C(=O)C(C)Oc1ccc(Br)cc1)C1CC1)C(=O)O. The molecule has 1 saturated carbocycles. The largest absolute Gasteiger partial charge is 0.481 e. The Morgan fingerprint density at radius 1 is 1.32 bits per heavy atom. The van der Waals surface area contributed by atoms with E-state index in [1.54, 1.807) is 30.9 Å². The number of benzene rings is 1. The van der Waals surface area contributed by atoms with E-state index in [-0.39, 0.29) is 18.5 Å². The van der Waals surface area contributed by atoms with Gasteiger partial charge in [-0.05, 0) is 44.0 Å². The highest BCUT2D eigenvalue weighted by molar-refractivity contribution is 9.10. The number of hydrogen-bond acceptors (Lipinski definition) is 3. The van der Waals surface area contributed by atoms with Crippen molar-refractivity contribution in [3.63, 3.8) is 0 Å². The second-order valence-corrected chi connectivity index (χ2v) is 6.59. The minimum Gasteiger partial charge on any atom is -0.481 e. The summed E-state index contributed by atoms with van der Waals surface area (Å²) in [4.78, 5) is 25.2. The van der Waals surface area contributed by atoms with Crippen molar-refractivity contribution in [3.05, 3.63) is 28.7 Å². The van der Waals surface area contributed by atoms with Gasteiger partial charge in [0.05, 0.1) is 5.92 Å². The van der Waals surface area contributed by atoms with Crippen LogP contribution >= 0.6 is 15.9 Å². The highest BCUT2D eigenvalue weighted by atomic mass is 79.9. The molecule has 0 aliphatic heterocycles. The van der Waals surface area contributed by atoms with Gasteiger partial charge in [-0.15, -0.1) is 0 Å². The van der Waals surface area contributed by atoms with Gasteiger partial charge in [-0.25, -0.2) is 0 Å². The molecule has 2 rings (SSSR count). The van der Waals surface area contributed by atoms with Crippen LogP contribution in [0.4, 0.5) is 0 Å². The van der Waals surface area contributed by atoms with E-state index in [0.717, 1.165) is 17.3 Å². The van der Waals surface area contributed by atoms with Crippen LogP contribution in [0.3, 0.4) is 0 Å². The van der Waals surface area contributed by atoms with Gasteiger partial charge < -0.3 is 14.7 Å². The summed E-state index contributed by atoms with van der Waals surface area (Å²) < 4.78 is 6.61. The van der Waals surface area contributed by atoms with Gasteiger partial charge in [0.2, 0.25) is 0 Å². The van der Waals surface area contributed by atoms with Gasteiger partial charge in [0.1, 0.15) is 5.75 Å². The van der Waals surface area contributed by atoms with Crippen LogP contribution in [0.5, 0.6) is 5.75 Å². The molecular weight excluding hydrogens is 350 g/mol. The molecule has 1 aromatic rings. The summed E-state index contributed by atoms with van der Waals surface area (Å²) >= 11 is 3.35. The van der Waals surface area contributed by atoms with E-state index in [1.807, 2.05) is 12.1 Å². The smallest absolute Gasteiger partial charge is 0.308 e. The van der Waals surface area contributed by atoms with Gasteiger partial charge in [0.15, 0.2) is 6.10 Å². The monoisotopic (exact) mass is 369 g/mol. The first-order valence-electron chi connectivity index (χ1n) is 7.34. The fraction of sp³-hybridized carbons (Fsp3) is 0.500. The zero-order valence-corrected chi connectivity index (χ0v) is 14.2. The fourth-order valence-corrected chi connectivity index (χ4v) is 2.44. The van der Waals surface area contributed by atoms with Crippen molar-refractivity contribution in [3.8, 4) is 5.75 Å². The summed E-state index contributed by atoms with van der Waals surface area (Å²) in [6.07, 6.45) is 1.23. The van der Waals surface area contributed by atoms with Crippen molar-refractivity contribution in [2.45, 2.75) is 38.8 Å². The number of amides is 1. The van der Waals surface area contributed by atoms with Crippen LogP contribution in [0.25, 0.3) is 0 Å².